The lowest BCUT2D eigenvalue weighted by atomic mass is 10.2. The maximum Gasteiger partial charge on any atom is 0.0571 e. The van der Waals surface area contributed by atoms with E-state index in [4.69, 9.17) is 5.73 Å². The average molecular weight is 288 g/mol. The van der Waals surface area contributed by atoms with Gasteiger partial charge in [-0.25, -0.2) is 0 Å². The van der Waals surface area contributed by atoms with E-state index in [-0.39, 0.29) is 30.9 Å². The lowest BCUT2D eigenvalue weighted by Crippen LogP contribution is -2.07. The zero-order valence-electron chi connectivity index (χ0n) is 7.45. The van der Waals surface area contributed by atoms with Gasteiger partial charge in [0.2, 0.25) is 0 Å². The van der Waals surface area contributed by atoms with E-state index >= 15 is 0 Å². The highest BCUT2D eigenvalue weighted by Gasteiger charge is 2.02. The number of halogens is 3. The maximum atomic E-state index is 5.65. The molecule has 1 atom stereocenters. The standard InChI is InChI=1S/C8H11BrN2.2ClH/c1-5-3-8(6(2)10)11-4-7(5)9;;/h3-4,6H,10H2,1-2H3;2*1H/t6-;;/m1../s1. The van der Waals surface area contributed by atoms with Gasteiger partial charge in [-0.05, 0) is 41.4 Å². The van der Waals surface area contributed by atoms with Gasteiger partial charge in [-0.3, -0.25) is 4.98 Å². The molecule has 0 unspecified atom stereocenters. The Hall–Kier alpha value is 0.170. The van der Waals surface area contributed by atoms with E-state index in [0.29, 0.717) is 0 Å². The molecule has 1 aromatic rings. The molecule has 1 aromatic heterocycles. The fourth-order valence-electron chi connectivity index (χ4n) is 0.810. The van der Waals surface area contributed by atoms with E-state index in [1.54, 1.807) is 6.20 Å². The number of nitrogens with zero attached hydrogens (tertiary/aromatic N) is 1. The third kappa shape index (κ3) is 4.27. The molecule has 5 heteroatoms. The number of aromatic nitrogens is 1. The van der Waals surface area contributed by atoms with E-state index in [1.807, 2.05) is 19.9 Å². The number of rotatable bonds is 1. The van der Waals surface area contributed by atoms with Gasteiger partial charge in [0.15, 0.2) is 0 Å². The van der Waals surface area contributed by atoms with Crippen LogP contribution in [0.15, 0.2) is 16.7 Å². The second-order valence-corrected chi connectivity index (χ2v) is 3.50. The summed E-state index contributed by atoms with van der Waals surface area (Å²) in [6.45, 7) is 3.95. The first-order valence-electron chi connectivity index (χ1n) is 3.49. The van der Waals surface area contributed by atoms with Crippen LogP contribution in [0.4, 0.5) is 0 Å². The minimum Gasteiger partial charge on any atom is -0.323 e. The molecule has 2 N–H and O–H groups in total. The molecule has 0 aromatic carbocycles. The average Bonchev–Trinajstić information content (AvgIpc) is 1.94. The van der Waals surface area contributed by atoms with Crippen molar-refractivity contribution in [2.24, 2.45) is 5.73 Å². The Bertz CT molecular complexity index is 266. The molecule has 0 saturated carbocycles. The SMILES string of the molecule is Cc1cc([C@@H](C)N)ncc1Br.Cl.Cl. The number of hydrogen-bond acceptors (Lipinski definition) is 2. The summed E-state index contributed by atoms with van der Waals surface area (Å²) in [6, 6.07) is 2.01. The van der Waals surface area contributed by atoms with Crippen molar-refractivity contribution in [3.8, 4) is 0 Å². The Balaban J connectivity index is 0. The highest BCUT2D eigenvalue weighted by atomic mass is 79.9. The first-order chi connectivity index (χ1) is 5.11. The minimum atomic E-state index is 0. The summed E-state index contributed by atoms with van der Waals surface area (Å²) in [5.74, 6) is 0. The molecule has 76 valence electrons. The largest absolute Gasteiger partial charge is 0.323 e. The molecule has 0 radical (unpaired) electrons. The summed E-state index contributed by atoms with van der Waals surface area (Å²) in [6.07, 6.45) is 1.79. The highest BCUT2D eigenvalue weighted by molar-refractivity contribution is 9.10. The second-order valence-electron chi connectivity index (χ2n) is 2.65. The van der Waals surface area contributed by atoms with Crippen LogP contribution in [-0.2, 0) is 0 Å². The van der Waals surface area contributed by atoms with Crippen molar-refractivity contribution in [3.63, 3.8) is 0 Å². The molecule has 0 aliphatic rings. The molecule has 13 heavy (non-hydrogen) atoms. The summed E-state index contributed by atoms with van der Waals surface area (Å²) in [5, 5.41) is 0. The van der Waals surface area contributed by atoms with E-state index < -0.39 is 0 Å². The van der Waals surface area contributed by atoms with Gasteiger partial charge in [0.25, 0.3) is 0 Å². The second kappa shape index (κ2) is 6.60. The quantitative estimate of drug-likeness (QED) is 0.862. The molecule has 0 bridgehead atoms. The lowest BCUT2D eigenvalue weighted by molar-refractivity contribution is 0.778. The van der Waals surface area contributed by atoms with Crippen LogP contribution < -0.4 is 5.73 Å². The van der Waals surface area contributed by atoms with E-state index in [1.165, 1.54) is 5.56 Å². The molecular weight excluding hydrogens is 275 g/mol. The number of pyridine rings is 1. The van der Waals surface area contributed by atoms with Gasteiger partial charge in [0.1, 0.15) is 0 Å². The summed E-state index contributed by atoms with van der Waals surface area (Å²) in [4.78, 5) is 4.17. The van der Waals surface area contributed by atoms with Gasteiger partial charge in [0.05, 0.1) is 5.69 Å². The van der Waals surface area contributed by atoms with E-state index in [0.717, 1.165) is 10.2 Å². The Labute approximate surface area is 99.3 Å². The van der Waals surface area contributed by atoms with Gasteiger partial charge in [-0.15, -0.1) is 24.8 Å². The van der Waals surface area contributed by atoms with Crippen molar-refractivity contribution in [3.05, 3.63) is 28.0 Å². The Kier molecular flexibility index (Phi) is 7.93. The van der Waals surface area contributed by atoms with E-state index in [9.17, 15) is 0 Å². The highest BCUT2D eigenvalue weighted by Crippen LogP contribution is 2.17. The van der Waals surface area contributed by atoms with Crippen molar-refractivity contribution < 1.29 is 0 Å². The third-order valence-corrected chi connectivity index (χ3v) is 2.36. The third-order valence-electron chi connectivity index (χ3n) is 1.53. The van der Waals surface area contributed by atoms with Crippen LogP contribution in [0.1, 0.15) is 24.2 Å². The molecule has 1 rings (SSSR count). The monoisotopic (exact) mass is 286 g/mol. The maximum absolute atomic E-state index is 5.65. The van der Waals surface area contributed by atoms with Crippen molar-refractivity contribution in [1.29, 1.82) is 0 Å². The summed E-state index contributed by atoms with van der Waals surface area (Å²) < 4.78 is 1.03. The zero-order valence-corrected chi connectivity index (χ0v) is 10.7. The van der Waals surface area contributed by atoms with Crippen molar-refractivity contribution in [1.82, 2.24) is 4.98 Å². The van der Waals surface area contributed by atoms with Gasteiger partial charge >= 0.3 is 0 Å². The molecule has 0 saturated heterocycles. The number of nitrogens with two attached hydrogens (primary N) is 1. The molecule has 0 aliphatic carbocycles. The Morgan fingerprint density at radius 1 is 1.46 bits per heavy atom. The van der Waals surface area contributed by atoms with Crippen LogP contribution in [0.5, 0.6) is 0 Å². The van der Waals surface area contributed by atoms with Gasteiger partial charge in [0, 0.05) is 16.7 Å². The van der Waals surface area contributed by atoms with Gasteiger partial charge < -0.3 is 5.73 Å². The topological polar surface area (TPSA) is 38.9 Å². The van der Waals surface area contributed by atoms with Crippen molar-refractivity contribution in [2.45, 2.75) is 19.9 Å². The molecule has 0 spiro atoms. The number of aryl methyl sites for hydroxylation is 1. The minimum absolute atomic E-state index is 0. The molecule has 2 nitrogen and oxygen atoms in total. The normalized spacial score (nSPS) is 11.1. The smallest absolute Gasteiger partial charge is 0.0571 e. The van der Waals surface area contributed by atoms with Crippen LogP contribution in [0, 0.1) is 6.92 Å². The fourth-order valence-corrected chi connectivity index (χ4v) is 1.03. The summed E-state index contributed by atoms with van der Waals surface area (Å²) in [5.41, 5.74) is 7.76. The van der Waals surface area contributed by atoms with Crippen LogP contribution in [0.25, 0.3) is 0 Å². The first kappa shape index (κ1) is 15.6. The van der Waals surface area contributed by atoms with Crippen molar-refractivity contribution in [2.75, 3.05) is 0 Å². The van der Waals surface area contributed by atoms with Gasteiger partial charge in [-0.1, -0.05) is 0 Å². The lowest BCUT2D eigenvalue weighted by Gasteiger charge is -2.05. The molecule has 1 heterocycles. The Morgan fingerprint density at radius 2 is 2.00 bits per heavy atom. The zero-order chi connectivity index (χ0) is 8.43. The predicted molar refractivity (Wildman–Crippen MR) is 63.8 cm³/mol. The van der Waals surface area contributed by atoms with Crippen LogP contribution in [-0.4, -0.2) is 4.98 Å². The molecule has 0 fully saturated rings. The van der Waals surface area contributed by atoms with Crippen LogP contribution in [0.2, 0.25) is 0 Å². The summed E-state index contributed by atoms with van der Waals surface area (Å²) >= 11 is 3.38. The molecular formula is C8H13BrCl2N2. The van der Waals surface area contributed by atoms with E-state index in [2.05, 4.69) is 20.9 Å². The number of hydrogen-bond donors (Lipinski definition) is 1. The fraction of sp³-hybridized carbons (Fsp3) is 0.375. The van der Waals surface area contributed by atoms with Crippen LogP contribution >= 0.6 is 40.7 Å². The van der Waals surface area contributed by atoms with Gasteiger partial charge in [-0.2, -0.15) is 0 Å². The van der Waals surface area contributed by atoms with Crippen LogP contribution in [0.3, 0.4) is 0 Å². The first-order valence-corrected chi connectivity index (χ1v) is 4.28. The Morgan fingerprint density at radius 3 is 2.38 bits per heavy atom. The molecule has 0 aliphatic heterocycles. The van der Waals surface area contributed by atoms with Crippen molar-refractivity contribution >= 4 is 40.7 Å². The predicted octanol–water partition coefficient (Wildman–Crippen LogP) is 3.02. The molecule has 0 amide bonds. The summed E-state index contributed by atoms with van der Waals surface area (Å²) in [7, 11) is 0.